The van der Waals surface area contributed by atoms with Gasteiger partial charge in [0.15, 0.2) is 5.84 Å². The van der Waals surface area contributed by atoms with Gasteiger partial charge in [0.05, 0.1) is 11.3 Å². The van der Waals surface area contributed by atoms with Gasteiger partial charge in [-0.05, 0) is 12.1 Å². The van der Waals surface area contributed by atoms with Crippen molar-refractivity contribution in [3.63, 3.8) is 0 Å². The van der Waals surface area contributed by atoms with Gasteiger partial charge in [-0.3, -0.25) is 4.72 Å². The molecule has 0 saturated heterocycles. The van der Waals surface area contributed by atoms with Gasteiger partial charge in [-0.1, -0.05) is 25.1 Å². The minimum Gasteiger partial charge on any atom is -0.409 e. The van der Waals surface area contributed by atoms with Crippen LogP contribution in [0.25, 0.3) is 0 Å². The van der Waals surface area contributed by atoms with E-state index in [0.717, 1.165) is 10.4 Å². The topological polar surface area (TPSA) is 108 Å². The molecule has 0 aliphatic rings. The van der Waals surface area contributed by atoms with Crippen molar-refractivity contribution in [2.45, 2.75) is 13.8 Å². The fraction of sp³-hybridized carbons (Fsp3) is 0.364. The smallest absolute Gasteiger partial charge is 0.301 e. The van der Waals surface area contributed by atoms with Crippen molar-refractivity contribution in [2.24, 2.45) is 10.9 Å². The van der Waals surface area contributed by atoms with E-state index in [1.165, 1.54) is 12.1 Å². The van der Waals surface area contributed by atoms with Crippen molar-refractivity contribution in [2.75, 3.05) is 17.8 Å². The Morgan fingerprint density at radius 1 is 1.45 bits per heavy atom. The summed E-state index contributed by atoms with van der Waals surface area (Å²) >= 11 is 0. The standard InChI is InChI=1S/C11H17FN4O3S/c1-3-16(4-2)20(18,19)15-9-7-5-6-8(12)10(9)11(13)14-17/h5-7,15,17H,3-4H2,1-2H3,(H2,13,14). The first-order valence-corrected chi connectivity index (χ1v) is 7.35. The van der Waals surface area contributed by atoms with E-state index in [1.807, 2.05) is 0 Å². The molecule has 1 rings (SSSR count). The highest BCUT2D eigenvalue weighted by atomic mass is 32.2. The number of amidine groups is 1. The molecule has 4 N–H and O–H groups in total. The first-order chi connectivity index (χ1) is 9.37. The second-order valence-corrected chi connectivity index (χ2v) is 5.51. The lowest BCUT2D eigenvalue weighted by molar-refractivity contribution is 0.318. The Bertz CT molecular complexity index is 600. The Kier molecular flexibility index (Phi) is 5.28. The molecule has 1 aromatic rings. The van der Waals surface area contributed by atoms with Crippen molar-refractivity contribution < 1.29 is 18.0 Å². The van der Waals surface area contributed by atoms with E-state index in [0.29, 0.717) is 0 Å². The molecule has 0 aliphatic carbocycles. The Labute approximate surface area is 117 Å². The van der Waals surface area contributed by atoms with E-state index < -0.39 is 21.9 Å². The van der Waals surface area contributed by atoms with Crippen LogP contribution in [0.5, 0.6) is 0 Å². The molecule has 9 heteroatoms. The first kappa shape index (κ1) is 16.2. The zero-order chi connectivity index (χ0) is 15.3. The Balaban J connectivity index is 3.26. The molecule has 0 aliphatic heterocycles. The van der Waals surface area contributed by atoms with Crippen LogP contribution in [0.3, 0.4) is 0 Å². The zero-order valence-corrected chi connectivity index (χ0v) is 12.0. The highest BCUT2D eigenvalue weighted by molar-refractivity contribution is 7.90. The third-order valence-electron chi connectivity index (χ3n) is 2.66. The largest absolute Gasteiger partial charge is 0.409 e. The van der Waals surface area contributed by atoms with Crippen LogP contribution in [-0.2, 0) is 10.2 Å². The van der Waals surface area contributed by atoms with Crippen LogP contribution in [-0.4, -0.2) is 36.9 Å². The van der Waals surface area contributed by atoms with Gasteiger partial charge >= 0.3 is 10.2 Å². The summed E-state index contributed by atoms with van der Waals surface area (Å²) in [6.07, 6.45) is 0. The van der Waals surface area contributed by atoms with Crippen LogP contribution in [0.4, 0.5) is 10.1 Å². The van der Waals surface area contributed by atoms with Gasteiger partial charge in [-0.25, -0.2) is 4.39 Å². The van der Waals surface area contributed by atoms with Crippen molar-refractivity contribution in [1.29, 1.82) is 0 Å². The lowest BCUT2D eigenvalue weighted by Crippen LogP contribution is -2.36. The quantitative estimate of drug-likeness (QED) is 0.314. The molecular weight excluding hydrogens is 287 g/mol. The molecule has 0 unspecified atom stereocenters. The molecule has 0 atom stereocenters. The number of rotatable bonds is 6. The fourth-order valence-corrected chi connectivity index (χ4v) is 2.94. The molecule has 112 valence electrons. The van der Waals surface area contributed by atoms with E-state index >= 15 is 0 Å². The number of nitrogens with one attached hydrogen (secondary N) is 1. The molecular formula is C11H17FN4O3S. The fourth-order valence-electron chi connectivity index (χ4n) is 1.69. The molecule has 0 saturated carbocycles. The van der Waals surface area contributed by atoms with Crippen molar-refractivity contribution >= 4 is 21.7 Å². The number of hydrogen-bond acceptors (Lipinski definition) is 4. The predicted molar refractivity (Wildman–Crippen MR) is 74.4 cm³/mol. The third kappa shape index (κ3) is 3.36. The maximum atomic E-state index is 13.7. The normalized spacial score (nSPS) is 12.7. The number of nitrogens with two attached hydrogens (primary N) is 1. The molecule has 1 aromatic carbocycles. The van der Waals surface area contributed by atoms with Gasteiger partial charge in [0.25, 0.3) is 0 Å². The van der Waals surface area contributed by atoms with E-state index in [9.17, 15) is 12.8 Å². The number of halogens is 1. The lowest BCUT2D eigenvalue weighted by atomic mass is 10.1. The van der Waals surface area contributed by atoms with Crippen molar-refractivity contribution in [3.05, 3.63) is 29.6 Å². The SMILES string of the molecule is CCN(CC)S(=O)(=O)Nc1cccc(F)c1/C(N)=N/O. The lowest BCUT2D eigenvalue weighted by Gasteiger charge is -2.20. The Hall–Kier alpha value is -1.87. The van der Waals surface area contributed by atoms with Crippen LogP contribution in [0, 0.1) is 5.82 Å². The minimum absolute atomic E-state index is 0.0906. The van der Waals surface area contributed by atoms with Gasteiger partial charge in [0.2, 0.25) is 0 Å². The summed E-state index contributed by atoms with van der Waals surface area (Å²) in [6, 6.07) is 3.74. The summed E-state index contributed by atoms with van der Waals surface area (Å²) in [5, 5.41) is 11.3. The number of anilines is 1. The zero-order valence-electron chi connectivity index (χ0n) is 11.2. The molecule has 7 nitrogen and oxygen atoms in total. The van der Waals surface area contributed by atoms with Gasteiger partial charge < -0.3 is 10.9 Å². The highest BCUT2D eigenvalue weighted by Crippen LogP contribution is 2.20. The molecule has 0 aromatic heterocycles. The van der Waals surface area contributed by atoms with Crippen molar-refractivity contribution in [1.82, 2.24) is 4.31 Å². The van der Waals surface area contributed by atoms with Gasteiger partial charge in [-0.2, -0.15) is 12.7 Å². The molecule has 0 bridgehead atoms. The van der Waals surface area contributed by atoms with E-state index in [2.05, 4.69) is 9.88 Å². The second-order valence-electron chi connectivity index (χ2n) is 3.84. The third-order valence-corrected chi connectivity index (χ3v) is 4.34. The molecule has 0 spiro atoms. The molecule has 0 heterocycles. The van der Waals surface area contributed by atoms with Crippen LogP contribution in [0.2, 0.25) is 0 Å². The molecule has 0 fully saturated rings. The maximum Gasteiger partial charge on any atom is 0.301 e. The molecule has 0 radical (unpaired) electrons. The van der Waals surface area contributed by atoms with Crippen molar-refractivity contribution in [3.8, 4) is 0 Å². The second kappa shape index (κ2) is 6.53. The number of benzene rings is 1. The summed E-state index contributed by atoms with van der Waals surface area (Å²) in [6.45, 7) is 3.89. The summed E-state index contributed by atoms with van der Waals surface area (Å²) < 4.78 is 41.3. The van der Waals surface area contributed by atoms with Crippen LogP contribution in [0.1, 0.15) is 19.4 Å². The number of nitrogens with zero attached hydrogens (tertiary/aromatic N) is 2. The Morgan fingerprint density at radius 2 is 2.05 bits per heavy atom. The van der Waals surface area contributed by atoms with Gasteiger partial charge in [0.1, 0.15) is 5.82 Å². The maximum absolute atomic E-state index is 13.7. The minimum atomic E-state index is -3.83. The molecule has 20 heavy (non-hydrogen) atoms. The molecule has 0 amide bonds. The first-order valence-electron chi connectivity index (χ1n) is 5.91. The predicted octanol–water partition coefficient (Wildman–Crippen LogP) is 0.919. The highest BCUT2D eigenvalue weighted by Gasteiger charge is 2.22. The van der Waals surface area contributed by atoms with Gasteiger partial charge in [-0.15, -0.1) is 0 Å². The summed E-state index contributed by atoms with van der Waals surface area (Å²) in [7, 11) is -3.83. The number of hydrogen-bond donors (Lipinski definition) is 3. The summed E-state index contributed by atoms with van der Waals surface area (Å²) in [5.41, 5.74) is 4.98. The van der Waals surface area contributed by atoms with Crippen LogP contribution in [0.15, 0.2) is 23.4 Å². The summed E-state index contributed by atoms with van der Waals surface area (Å²) in [4.78, 5) is 0. The van der Waals surface area contributed by atoms with Crippen LogP contribution >= 0.6 is 0 Å². The van der Waals surface area contributed by atoms with E-state index in [4.69, 9.17) is 10.9 Å². The number of oxime groups is 1. The van der Waals surface area contributed by atoms with Gasteiger partial charge in [0, 0.05) is 13.1 Å². The monoisotopic (exact) mass is 304 g/mol. The van der Waals surface area contributed by atoms with Crippen LogP contribution < -0.4 is 10.5 Å². The summed E-state index contributed by atoms with van der Waals surface area (Å²) in [5.74, 6) is -1.31. The van der Waals surface area contributed by atoms with E-state index in [-0.39, 0.29) is 24.3 Å². The average Bonchev–Trinajstić information content (AvgIpc) is 2.38. The Morgan fingerprint density at radius 3 is 2.55 bits per heavy atom. The van der Waals surface area contributed by atoms with E-state index in [1.54, 1.807) is 13.8 Å². The average molecular weight is 304 g/mol.